The average molecular weight is 414 g/mol. The molecule has 3 aromatic carbocycles. The molecule has 1 aliphatic heterocycles. The molecule has 5 heteroatoms. The summed E-state index contributed by atoms with van der Waals surface area (Å²) in [7, 11) is 0. The molecular weight excluding hydrogens is 386 g/mol. The minimum absolute atomic E-state index is 0.0602. The van der Waals surface area contributed by atoms with Gasteiger partial charge in [0.05, 0.1) is 0 Å². The van der Waals surface area contributed by atoms with Crippen LogP contribution in [0.25, 0.3) is 0 Å². The minimum Gasteiger partial charge on any atom is -0.457 e. The summed E-state index contributed by atoms with van der Waals surface area (Å²) in [6.07, 6.45) is 1.12. The number of amides is 2. The zero-order valence-electron chi connectivity index (χ0n) is 17.6. The monoisotopic (exact) mass is 413 g/mol. The summed E-state index contributed by atoms with van der Waals surface area (Å²) in [5.41, 5.74) is 3.63. The Balaban J connectivity index is 1.10. The maximum atomic E-state index is 12.6. The number of likely N-dealkylation sites (tertiary alicyclic amines) is 1. The fourth-order valence-electron chi connectivity index (χ4n) is 4.51. The molecule has 0 radical (unpaired) electrons. The first-order chi connectivity index (χ1) is 15.2. The third kappa shape index (κ3) is 4.28. The lowest BCUT2D eigenvalue weighted by Crippen LogP contribution is -2.61. The molecule has 0 saturated carbocycles. The molecule has 2 atom stereocenters. The molecule has 2 unspecified atom stereocenters. The van der Waals surface area contributed by atoms with Crippen LogP contribution in [0.3, 0.4) is 0 Å². The van der Waals surface area contributed by atoms with Gasteiger partial charge in [-0.05, 0) is 59.9 Å². The van der Waals surface area contributed by atoms with Crippen LogP contribution in [-0.2, 0) is 0 Å². The fourth-order valence-corrected chi connectivity index (χ4v) is 4.51. The molecule has 1 fully saturated rings. The molecule has 5 nitrogen and oxygen atoms in total. The van der Waals surface area contributed by atoms with Crippen molar-refractivity contribution < 1.29 is 9.53 Å². The lowest BCUT2D eigenvalue weighted by atomic mass is 10.0. The molecule has 3 aromatic rings. The van der Waals surface area contributed by atoms with E-state index >= 15 is 0 Å². The number of hydrogen-bond donors (Lipinski definition) is 2. The van der Waals surface area contributed by atoms with E-state index < -0.39 is 0 Å². The van der Waals surface area contributed by atoms with Crippen LogP contribution in [-0.4, -0.2) is 30.1 Å². The average Bonchev–Trinajstić information content (AvgIpc) is 3.08. The summed E-state index contributed by atoms with van der Waals surface area (Å²) in [5.74, 6) is 2.11. The first-order valence-electron chi connectivity index (χ1n) is 10.9. The molecule has 0 bridgehead atoms. The zero-order chi connectivity index (χ0) is 21.2. The highest BCUT2D eigenvalue weighted by molar-refractivity contribution is 5.90. The topological polar surface area (TPSA) is 53.6 Å². The van der Waals surface area contributed by atoms with E-state index in [-0.39, 0.29) is 6.03 Å². The van der Waals surface area contributed by atoms with Crippen molar-refractivity contribution in [3.05, 3.63) is 90.0 Å². The van der Waals surface area contributed by atoms with E-state index in [1.54, 1.807) is 0 Å². The van der Waals surface area contributed by atoms with Gasteiger partial charge in [0.25, 0.3) is 0 Å². The van der Waals surface area contributed by atoms with Crippen molar-refractivity contribution in [2.75, 3.05) is 18.4 Å². The van der Waals surface area contributed by atoms with Crippen LogP contribution in [0.4, 0.5) is 10.5 Å². The molecule has 2 amide bonds. The van der Waals surface area contributed by atoms with Crippen LogP contribution in [0, 0.1) is 0 Å². The first kappa shape index (κ1) is 19.6. The van der Waals surface area contributed by atoms with Crippen molar-refractivity contribution in [2.45, 2.75) is 31.3 Å². The van der Waals surface area contributed by atoms with Gasteiger partial charge >= 0.3 is 6.03 Å². The molecule has 1 heterocycles. The Morgan fingerprint density at radius 2 is 1.52 bits per heavy atom. The third-order valence-electron chi connectivity index (χ3n) is 6.18. The summed E-state index contributed by atoms with van der Waals surface area (Å²) >= 11 is 0. The number of fused-ring (bicyclic) bond motifs is 1. The Hall–Kier alpha value is -3.31. The Morgan fingerprint density at radius 1 is 0.871 bits per heavy atom. The third-order valence-corrected chi connectivity index (χ3v) is 6.18. The van der Waals surface area contributed by atoms with Crippen LogP contribution in [0.15, 0.2) is 78.9 Å². The predicted molar refractivity (Wildman–Crippen MR) is 123 cm³/mol. The predicted octanol–water partition coefficient (Wildman–Crippen LogP) is 5.53. The summed E-state index contributed by atoms with van der Waals surface area (Å²) < 4.78 is 5.80. The van der Waals surface area contributed by atoms with Gasteiger partial charge in [-0.2, -0.15) is 0 Å². The Kier molecular flexibility index (Phi) is 5.35. The van der Waals surface area contributed by atoms with Gasteiger partial charge in [0, 0.05) is 30.9 Å². The van der Waals surface area contributed by atoms with Gasteiger partial charge in [-0.1, -0.05) is 49.4 Å². The van der Waals surface area contributed by atoms with Gasteiger partial charge in [0.2, 0.25) is 0 Å². The standard InChI is InChI=1S/C26H27N3O2/c1-18-15-25(24-10-6-5-9-23(18)24)27-20-16-29(17-20)26(30)28-19-11-13-22(14-12-19)31-21-7-3-2-4-8-21/h2-14,18,20,25,27H,15-17H2,1H3,(H,28,30). The molecule has 158 valence electrons. The summed E-state index contributed by atoms with van der Waals surface area (Å²) in [6.45, 7) is 3.75. The number of benzene rings is 3. The number of nitrogens with one attached hydrogen (secondary N) is 2. The first-order valence-corrected chi connectivity index (χ1v) is 10.9. The number of hydrogen-bond acceptors (Lipinski definition) is 3. The highest BCUT2D eigenvalue weighted by atomic mass is 16.5. The molecule has 1 aliphatic carbocycles. The molecule has 1 saturated heterocycles. The van der Waals surface area contributed by atoms with Gasteiger partial charge in [0.15, 0.2) is 0 Å². The van der Waals surface area contributed by atoms with Gasteiger partial charge in [-0.15, -0.1) is 0 Å². The number of carbonyl (C=O) groups is 1. The van der Waals surface area contributed by atoms with Crippen LogP contribution >= 0.6 is 0 Å². The van der Waals surface area contributed by atoms with E-state index in [1.165, 1.54) is 11.1 Å². The highest BCUT2D eigenvalue weighted by Crippen LogP contribution is 2.40. The minimum atomic E-state index is -0.0602. The van der Waals surface area contributed by atoms with Gasteiger partial charge in [-0.3, -0.25) is 0 Å². The van der Waals surface area contributed by atoms with E-state index in [4.69, 9.17) is 4.74 Å². The van der Waals surface area contributed by atoms with E-state index in [1.807, 2.05) is 59.5 Å². The number of anilines is 1. The maximum Gasteiger partial charge on any atom is 0.321 e. The van der Waals surface area contributed by atoms with Gasteiger partial charge < -0.3 is 20.3 Å². The smallest absolute Gasteiger partial charge is 0.321 e. The highest BCUT2D eigenvalue weighted by Gasteiger charge is 2.35. The largest absolute Gasteiger partial charge is 0.457 e. The van der Waals surface area contributed by atoms with Gasteiger partial charge in [0.1, 0.15) is 11.5 Å². The molecule has 2 N–H and O–H groups in total. The number of urea groups is 1. The number of carbonyl (C=O) groups excluding carboxylic acids is 1. The van der Waals surface area contributed by atoms with Crippen molar-refractivity contribution in [2.24, 2.45) is 0 Å². The van der Waals surface area contributed by atoms with Crippen molar-refractivity contribution >= 4 is 11.7 Å². The van der Waals surface area contributed by atoms with Crippen molar-refractivity contribution in [1.29, 1.82) is 0 Å². The van der Waals surface area contributed by atoms with Gasteiger partial charge in [-0.25, -0.2) is 4.79 Å². The molecule has 5 rings (SSSR count). The zero-order valence-corrected chi connectivity index (χ0v) is 17.6. The number of nitrogens with zero attached hydrogens (tertiary/aromatic N) is 1. The Bertz CT molecular complexity index is 1050. The second-order valence-corrected chi connectivity index (χ2v) is 8.46. The second kappa shape index (κ2) is 8.44. The number of rotatable bonds is 5. The lowest BCUT2D eigenvalue weighted by Gasteiger charge is -2.41. The maximum absolute atomic E-state index is 12.6. The molecular formula is C26H27N3O2. The van der Waals surface area contributed by atoms with Crippen molar-refractivity contribution in [3.63, 3.8) is 0 Å². The summed E-state index contributed by atoms with van der Waals surface area (Å²) in [4.78, 5) is 14.4. The summed E-state index contributed by atoms with van der Waals surface area (Å²) in [5, 5.41) is 6.72. The fraction of sp³-hybridized carbons (Fsp3) is 0.269. The quantitative estimate of drug-likeness (QED) is 0.578. The Morgan fingerprint density at radius 3 is 2.26 bits per heavy atom. The van der Waals surface area contributed by atoms with Crippen molar-refractivity contribution in [3.8, 4) is 11.5 Å². The van der Waals surface area contributed by atoms with Crippen LogP contribution < -0.4 is 15.4 Å². The molecule has 0 spiro atoms. The molecule has 2 aliphatic rings. The number of ether oxygens (including phenoxy) is 1. The normalized spacial score (nSPS) is 20.1. The molecule has 0 aromatic heterocycles. The second-order valence-electron chi connectivity index (χ2n) is 8.46. The van der Waals surface area contributed by atoms with Crippen LogP contribution in [0.5, 0.6) is 11.5 Å². The molecule has 31 heavy (non-hydrogen) atoms. The van der Waals surface area contributed by atoms with Crippen LogP contribution in [0.1, 0.15) is 36.4 Å². The van der Waals surface area contributed by atoms with Crippen molar-refractivity contribution in [1.82, 2.24) is 10.2 Å². The van der Waals surface area contributed by atoms with Crippen LogP contribution in [0.2, 0.25) is 0 Å². The Labute approximate surface area is 183 Å². The van der Waals surface area contributed by atoms with E-state index in [2.05, 4.69) is 41.8 Å². The van der Waals surface area contributed by atoms with E-state index in [9.17, 15) is 4.79 Å². The SMILES string of the molecule is CC1CC(NC2CN(C(=O)Nc3ccc(Oc4ccccc4)cc3)C2)c2ccccc21. The van der Waals surface area contributed by atoms with E-state index in [0.29, 0.717) is 18.0 Å². The lowest BCUT2D eigenvalue weighted by molar-refractivity contribution is 0.142. The number of para-hydroxylation sites is 1. The van der Waals surface area contributed by atoms with E-state index in [0.717, 1.165) is 36.7 Å². The summed E-state index contributed by atoms with van der Waals surface area (Å²) in [6, 6.07) is 26.5.